The van der Waals surface area contributed by atoms with Crippen molar-refractivity contribution in [1.82, 2.24) is 10.6 Å². The van der Waals surface area contributed by atoms with Crippen LogP contribution in [0.1, 0.15) is 24.3 Å². The Morgan fingerprint density at radius 1 is 1.17 bits per heavy atom. The standard InChI is InChI=1S/C16H21F3N2O2/c17-16(18,19)14(13-4-2-1-3-5-13)11-21-15(22)20-10-12-6-8-23-9-7-12/h1-5,12,14H,6-11H2,(H2,20,21,22). The third-order valence-electron chi connectivity index (χ3n) is 3.96. The first-order valence-electron chi connectivity index (χ1n) is 7.68. The van der Waals surface area contributed by atoms with Gasteiger partial charge in [-0.25, -0.2) is 4.79 Å². The summed E-state index contributed by atoms with van der Waals surface area (Å²) in [5, 5.41) is 4.96. The molecule has 1 heterocycles. The molecular weight excluding hydrogens is 309 g/mol. The molecule has 4 nitrogen and oxygen atoms in total. The summed E-state index contributed by atoms with van der Waals surface area (Å²) in [4.78, 5) is 11.7. The van der Waals surface area contributed by atoms with Crippen molar-refractivity contribution in [3.8, 4) is 0 Å². The molecule has 0 saturated carbocycles. The van der Waals surface area contributed by atoms with Gasteiger partial charge in [-0.3, -0.25) is 0 Å². The number of benzene rings is 1. The molecule has 0 aliphatic carbocycles. The van der Waals surface area contributed by atoms with Crippen LogP contribution in [-0.4, -0.2) is 38.5 Å². The van der Waals surface area contributed by atoms with Crippen molar-refractivity contribution in [2.24, 2.45) is 5.92 Å². The first kappa shape index (κ1) is 17.6. The van der Waals surface area contributed by atoms with E-state index in [1.165, 1.54) is 12.1 Å². The van der Waals surface area contributed by atoms with E-state index in [0.29, 0.717) is 25.7 Å². The maximum absolute atomic E-state index is 13.1. The number of hydrogen-bond donors (Lipinski definition) is 2. The van der Waals surface area contributed by atoms with Gasteiger partial charge < -0.3 is 15.4 Å². The van der Waals surface area contributed by atoms with Gasteiger partial charge in [0.15, 0.2) is 0 Å². The fourth-order valence-corrected chi connectivity index (χ4v) is 2.55. The van der Waals surface area contributed by atoms with Crippen LogP contribution in [0, 0.1) is 5.92 Å². The first-order valence-corrected chi connectivity index (χ1v) is 7.68. The van der Waals surface area contributed by atoms with E-state index in [-0.39, 0.29) is 5.56 Å². The van der Waals surface area contributed by atoms with E-state index in [0.717, 1.165) is 12.8 Å². The van der Waals surface area contributed by atoms with Crippen molar-refractivity contribution >= 4 is 6.03 Å². The quantitative estimate of drug-likeness (QED) is 0.872. The number of halogens is 3. The zero-order valence-electron chi connectivity index (χ0n) is 12.7. The molecule has 0 radical (unpaired) electrons. The normalized spacial score (nSPS) is 17.5. The largest absolute Gasteiger partial charge is 0.397 e. The van der Waals surface area contributed by atoms with Crippen LogP contribution in [0.5, 0.6) is 0 Å². The third kappa shape index (κ3) is 5.74. The maximum Gasteiger partial charge on any atom is 0.397 e. The molecule has 2 amide bonds. The topological polar surface area (TPSA) is 50.4 Å². The number of carbonyl (C=O) groups excluding carboxylic acids is 1. The van der Waals surface area contributed by atoms with Crippen molar-refractivity contribution in [3.63, 3.8) is 0 Å². The average molecular weight is 330 g/mol. The molecule has 0 bridgehead atoms. The minimum Gasteiger partial charge on any atom is -0.381 e. The number of carbonyl (C=O) groups is 1. The zero-order valence-corrected chi connectivity index (χ0v) is 12.7. The number of alkyl halides is 3. The van der Waals surface area contributed by atoms with Crippen molar-refractivity contribution < 1.29 is 22.7 Å². The molecule has 0 aromatic heterocycles. The predicted molar refractivity (Wildman–Crippen MR) is 80.2 cm³/mol. The predicted octanol–water partition coefficient (Wildman–Crippen LogP) is 3.06. The molecule has 1 saturated heterocycles. The molecule has 23 heavy (non-hydrogen) atoms. The Kier molecular flexibility index (Phi) is 6.27. The molecular formula is C16H21F3N2O2. The number of amides is 2. The summed E-state index contributed by atoms with van der Waals surface area (Å²) < 4.78 is 44.7. The van der Waals surface area contributed by atoms with Gasteiger partial charge in [-0.15, -0.1) is 0 Å². The Bertz CT molecular complexity index is 488. The molecule has 2 N–H and O–H groups in total. The molecule has 1 aliphatic heterocycles. The monoisotopic (exact) mass is 330 g/mol. The van der Waals surface area contributed by atoms with Crippen LogP contribution in [-0.2, 0) is 4.74 Å². The van der Waals surface area contributed by atoms with Crippen LogP contribution in [0.15, 0.2) is 30.3 Å². The van der Waals surface area contributed by atoms with Gasteiger partial charge in [0.05, 0.1) is 5.92 Å². The highest BCUT2D eigenvalue weighted by Crippen LogP contribution is 2.34. The molecule has 1 aliphatic rings. The number of hydrogen-bond acceptors (Lipinski definition) is 2. The van der Waals surface area contributed by atoms with E-state index < -0.39 is 24.7 Å². The van der Waals surface area contributed by atoms with E-state index in [9.17, 15) is 18.0 Å². The van der Waals surface area contributed by atoms with Crippen LogP contribution < -0.4 is 10.6 Å². The molecule has 0 spiro atoms. The van der Waals surface area contributed by atoms with Gasteiger partial charge in [0.25, 0.3) is 0 Å². The molecule has 128 valence electrons. The second kappa shape index (κ2) is 8.19. The molecule has 1 atom stereocenters. The van der Waals surface area contributed by atoms with Gasteiger partial charge in [0.1, 0.15) is 0 Å². The SMILES string of the molecule is O=C(NCC1CCOCC1)NCC(c1ccccc1)C(F)(F)F. The lowest BCUT2D eigenvalue weighted by Crippen LogP contribution is -2.42. The summed E-state index contributed by atoms with van der Waals surface area (Å²) in [7, 11) is 0. The lowest BCUT2D eigenvalue weighted by Gasteiger charge is -2.23. The molecule has 2 rings (SSSR count). The van der Waals surface area contributed by atoms with Crippen molar-refractivity contribution in [3.05, 3.63) is 35.9 Å². The van der Waals surface area contributed by atoms with Gasteiger partial charge in [-0.05, 0) is 24.3 Å². The smallest absolute Gasteiger partial charge is 0.381 e. The molecule has 1 fully saturated rings. The van der Waals surface area contributed by atoms with Crippen LogP contribution in [0.4, 0.5) is 18.0 Å². The van der Waals surface area contributed by atoms with Crippen LogP contribution in [0.2, 0.25) is 0 Å². The van der Waals surface area contributed by atoms with Gasteiger partial charge >= 0.3 is 12.2 Å². The summed E-state index contributed by atoms with van der Waals surface area (Å²) in [6.45, 7) is 1.31. The Balaban J connectivity index is 1.82. The van der Waals surface area contributed by atoms with Crippen LogP contribution >= 0.6 is 0 Å². The van der Waals surface area contributed by atoms with Gasteiger partial charge in [0, 0.05) is 26.3 Å². The summed E-state index contributed by atoms with van der Waals surface area (Å²) >= 11 is 0. The number of rotatable bonds is 5. The van der Waals surface area contributed by atoms with Crippen LogP contribution in [0.25, 0.3) is 0 Å². The highest BCUT2D eigenvalue weighted by molar-refractivity contribution is 5.73. The second-order valence-electron chi connectivity index (χ2n) is 5.65. The molecule has 7 heteroatoms. The summed E-state index contributed by atoms with van der Waals surface area (Å²) in [5.74, 6) is -1.39. The molecule has 1 aromatic carbocycles. The summed E-state index contributed by atoms with van der Waals surface area (Å²) in [6, 6.07) is 7.03. The van der Waals surface area contributed by atoms with E-state index >= 15 is 0 Å². The zero-order chi connectivity index (χ0) is 16.7. The number of urea groups is 1. The Hall–Kier alpha value is -1.76. The van der Waals surface area contributed by atoms with E-state index in [4.69, 9.17) is 4.74 Å². The van der Waals surface area contributed by atoms with E-state index in [2.05, 4.69) is 10.6 Å². The third-order valence-corrected chi connectivity index (χ3v) is 3.96. The van der Waals surface area contributed by atoms with Crippen molar-refractivity contribution in [1.29, 1.82) is 0 Å². The number of ether oxygens (including phenoxy) is 1. The Morgan fingerprint density at radius 2 is 1.83 bits per heavy atom. The Labute approximate surface area is 133 Å². The van der Waals surface area contributed by atoms with E-state index in [1.54, 1.807) is 18.2 Å². The minimum atomic E-state index is -4.41. The Morgan fingerprint density at radius 3 is 2.43 bits per heavy atom. The van der Waals surface area contributed by atoms with Crippen molar-refractivity contribution in [2.75, 3.05) is 26.3 Å². The van der Waals surface area contributed by atoms with Crippen molar-refractivity contribution in [2.45, 2.75) is 24.9 Å². The summed E-state index contributed by atoms with van der Waals surface area (Å²) in [5.41, 5.74) is 0.143. The average Bonchev–Trinajstić information content (AvgIpc) is 2.54. The first-order chi connectivity index (χ1) is 11.0. The van der Waals surface area contributed by atoms with E-state index in [1.807, 2.05) is 0 Å². The fraction of sp³-hybridized carbons (Fsp3) is 0.562. The van der Waals surface area contributed by atoms with Crippen LogP contribution in [0.3, 0.4) is 0 Å². The lowest BCUT2D eigenvalue weighted by atomic mass is 9.98. The lowest BCUT2D eigenvalue weighted by molar-refractivity contribution is -0.149. The highest BCUT2D eigenvalue weighted by Gasteiger charge is 2.40. The molecule has 1 unspecified atom stereocenters. The maximum atomic E-state index is 13.1. The number of nitrogens with one attached hydrogen (secondary N) is 2. The van der Waals surface area contributed by atoms with Gasteiger partial charge in [-0.2, -0.15) is 13.2 Å². The molecule has 1 aromatic rings. The summed E-state index contributed by atoms with van der Waals surface area (Å²) in [6.07, 6.45) is -2.69. The van der Waals surface area contributed by atoms with Gasteiger partial charge in [-0.1, -0.05) is 30.3 Å². The van der Waals surface area contributed by atoms with Gasteiger partial charge in [0.2, 0.25) is 0 Å². The second-order valence-corrected chi connectivity index (χ2v) is 5.65. The minimum absolute atomic E-state index is 0.143. The highest BCUT2D eigenvalue weighted by atomic mass is 19.4. The fourth-order valence-electron chi connectivity index (χ4n) is 2.55.